The van der Waals surface area contributed by atoms with Crippen molar-refractivity contribution in [2.75, 3.05) is 0 Å². The second kappa shape index (κ2) is 8.91. The molecule has 3 aromatic heterocycles. The third kappa shape index (κ3) is 4.62. The topological polar surface area (TPSA) is 114 Å². The molecule has 0 aliphatic heterocycles. The number of pyridine rings is 1. The molecule has 160 valence electrons. The van der Waals surface area contributed by atoms with Crippen molar-refractivity contribution in [2.24, 2.45) is 7.05 Å². The van der Waals surface area contributed by atoms with E-state index in [2.05, 4.69) is 15.4 Å². The summed E-state index contributed by atoms with van der Waals surface area (Å²) in [4.78, 5) is 35.0. The van der Waals surface area contributed by atoms with Gasteiger partial charge in [-0.2, -0.15) is 5.10 Å². The van der Waals surface area contributed by atoms with Crippen molar-refractivity contribution < 1.29 is 23.5 Å². The summed E-state index contributed by atoms with van der Waals surface area (Å²) in [7, 11) is -0.724. The van der Waals surface area contributed by atoms with E-state index in [1.165, 1.54) is 10.7 Å². The van der Waals surface area contributed by atoms with Crippen LogP contribution < -0.4 is 5.32 Å². The van der Waals surface area contributed by atoms with Crippen molar-refractivity contribution in [3.05, 3.63) is 71.9 Å². The van der Waals surface area contributed by atoms with Crippen molar-refractivity contribution in [1.29, 1.82) is 0 Å². The summed E-state index contributed by atoms with van der Waals surface area (Å²) in [5.41, 5.74) is 2.75. The van der Waals surface area contributed by atoms with Gasteiger partial charge in [0, 0.05) is 36.3 Å². The summed E-state index contributed by atoms with van der Waals surface area (Å²) in [6.07, 6.45) is 3.25. The molecule has 0 radical (unpaired) electrons. The van der Waals surface area contributed by atoms with Crippen molar-refractivity contribution >= 4 is 25.5 Å². The van der Waals surface area contributed by atoms with Crippen molar-refractivity contribution in [2.45, 2.75) is 13.3 Å². The van der Waals surface area contributed by atoms with Crippen molar-refractivity contribution in [1.82, 2.24) is 24.6 Å². The zero-order valence-corrected chi connectivity index (χ0v) is 17.3. The quantitative estimate of drug-likeness (QED) is 0.379. The number of hydrogen-bond donors (Lipinski definition) is 3. The lowest BCUT2D eigenvalue weighted by atomic mass is 10.2. The molecule has 11 heteroatoms. The van der Waals surface area contributed by atoms with Gasteiger partial charge in [0.05, 0.1) is 11.9 Å². The van der Waals surface area contributed by atoms with Gasteiger partial charge in [0.2, 0.25) is 0 Å². The molecule has 0 saturated carbocycles. The SMILES string of the molecule is Cn1c(C(=O)NCc2ccccc2F)cc2ccc(-c3cnn(COP(O)O)c3)nc21. The number of hydrogen-bond acceptors (Lipinski definition) is 6. The van der Waals surface area contributed by atoms with Crippen molar-refractivity contribution in [3.63, 3.8) is 0 Å². The minimum Gasteiger partial charge on any atom is -0.347 e. The van der Waals surface area contributed by atoms with Crippen LogP contribution in [0.25, 0.3) is 22.3 Å². The molecule has 4 rings (SSSR count). The summed E-state index contributed by atoms with van der Waals surface area (Å²) < 4.78 is 21.6. The number of nitrogens with one attached hydrogen (secondary N) is 1. The van der Waals surface area contributed by atoms with Crippen molar-refractivity contribution in [3.8, 4) is 11.3 Å². The Morgan fingerprint density at radius 3 is 2.84 bits per heavy atom. The number of halogens is 1. The number of carbonyl (C=O) groups is 1. The van der Waals surface area contributed by atoms with E-state index < -0.39 is 8.60 Å². The van der Waals surface area contributed by atoms with Crippen LogP contribution in [-0.4, -0.2) is 35.0 Å². The third-order valence-corrected chi connectivity index (χ3v) is 5.09. The Bertz CT molecular complexity index is 1240. The van der Waals surface area contributed by atoms with Gasteiger partial charge in [-0.25, -0.2) is 14.1 Å². The molecule has 0 aliphatic carbocycles. The normalized spacial score (nSPS) is 11.4. The minimum atomic E-state index is -2.46. The van der Waals surface area contributed by atoms with Crippen LogP contribution in [0, 0.1) is 5.82 Å². The van der Waals surface area contributed by atoms with Gasteiger partial charge in [0.1, 0.15) is 23.9 Å². The maximum atomic E-state index is 13.8. The molecular formula is C20H19FN5O4P. The molecule has 4 aromatic rings. The van der Waals surface area contributed by atoms with Gasteiger partial charge in [-0.15, -0.1) is 0 Å². The molecule has 0 saturated heterocycles. The zero-order valence-electron chi connectivity index (χ0n) is 16.4. The van der Waals surface area contributed by atoms with Crippen LogP contribution in [0.4, 0.5) is 4.39 Å². The predicted molar refractivity (Wildman–Crippen MR) is 112 cm³/mol. The molecule has 0 atom stereocenters. The highest BCUT2D eigenvalue weighted by Crippen LogP contribution is 2.26. The molecule has 0 bridgehead atoms. The lowest BCUT2D eigenvalue weighted by Gasteiger charge is -2.07. The van der Waals surface area contributed by atoms with E-state index >= 15 is 0 Å². The van der Waals surface area contributed by atoms with E-state index in [-0.39, 0.29) is 25.0 Å². The fourth-order valence-electron chi connectivity index (χ4n) is 3.16. The molecule has 31 heavy (non-hydrogen) atoms. The van der Waals surface area contributed by atoms with Crippen LogP contribution >= 0.6 is 8.60 Å². The lowest BCUT2D eigenvalue weighted by molar-refractivity contribution is 0.0942. The minimum absolute atomic E-state index is 0.0802. The average molecular weight is 443 g/mol. The van der Waals surface area contributed by atoms with Crippen LogP contribution in [0.5, 0.6) is 0 Å². The highest BCUT2D eigenvalue weighted by atomic mass is 31.2. The molecule has 0 fully saturated rings. The predicted octanol–water partition coefficient (Wildman–Crippen LogP) is 2.69. The summed E-state index contributed by atoms with van der Waals surface area (Å²) in [6, 6.07) is 11.7. The molecule has 1 aromatic carbocycles. The Morgan fingerprint density at radius 2 is 2.06 bits per heavy atom. The molecular weight excluding hydrogens is 424 g/mol. The van der Waals surface area contributed by atoms with Gasteiger partial charge in [-0.1, -0.05) is 18.2 Å². The van der Waals surface area contributed by atoms with Crippen LogP contribution in [0.2, 0.25) is 0 Å². The molecule has 0 spiro atoms. The van der Waals surface area contributed by atoms with Gasteiger partial charge in [0.15, 0.2) is 0 Å². The summed E-state index contributed by atoms with van der Waals surface area (Å²) in [6.45, 7) is -0.0196. The Kier molecular flexibility index (Phi) is 6.06. The largest absolute Gasteiger partial charge is 0.347 e. The van der Waals surface area contributed by atoms with Crippen LogP contribution in [0.1, 0.15) is 16.1 Å². The lowest BCUT2D eigenvalue weighted by Crippen LogP contribution is -2.25. The first-order valence-corrected chi connectivity index (χ1v) is 10.4. The van der Waals surface area contributed by atoms with Crippen LogP contribution in [-0.2, 0) is 24.8 Å². The number of amides is 1. The first kappa shape index (κ1) is 21.1. The average Bonchev–Trinajstić information content (AvgIpc) is 3.36. The smallest absolute Gasteiger partial charge is 0.328 e. The monoisotopic (exact) mass is 443 g/mol. The van der Waals surface area contributed by atoms with E-state index in [0.29, 0.717) is 28.2 Å². The van der Waals surface area contributed by atoms with Gasteiger partial charge >= 0.3 is 8.60 Å². The third-order valence-electron chi connectivity index (χ3n) is 4.74. The Morgan fingerprint density at radius 1 is 1.26 bits per heavy atom. The summed E-state index contributed by atoms with van der Waals surface area (Å²) in [5, 5.41) is 7.62. The van der Waals surface area contributed by atoms with Gasteiger partial charge in [-0.3, -0.25) is 9.32 Å². The fraction of sp³-hybridized carbons (Fsp3) is 0.150. The van der Waals surface area contributed by atoms with E-state index in [1.54, 1.807) is 54.3 Å². The molecule has 1 amide bonds. The first-order chi connectivity index (χ1) is 14.9. The second-order valence-corrected chi connectivity index (χ2v) is 7.52. The van der Waals surface area contributed by atoms with Gasteiger partial charge in [0.25, 0.3) is 5.91 Å². The Labute approximate surface area is 177 Å². The van der Waals surface area contributed by atoms with E-state index in [1.807, 2.05) is 6.07 Å². The number of aryl methyl sites for hydroxylation is 1. The number of nitrogens with zero attached hydrogens (tertiary/aromatic N) is 4. The zero-order chi connectivity index (χ0) is 22.0. The number of fused-ring (bicyclic) bond motifs is 1. The summed E-state index contributed by atoms with van der Waals surface area (Å²) in [5.74, 6) is -0.702. The highest BCUT2D eigenvalue weighted by Gasteiger charge is 2.16. The second-order valence-electron chi connectivity index (χ2n) is 6.75. The number of rotatable bonds is 7. The number of benzene rings is 1. The standard InChI is InChI=1S/C20H19FN5O4P/c1-25-18(20(27)22-9-14-4-2-3-5-16(14)21)8-13-6-7-17(24-19(13)25)15-10-23-26(11-15)12-30-31(28)29/h2-8,10-11,28-29H,9,12H2,1H3,(H,22,27). The van der Waals surface area contributed by atoms with E-state index in [0.717, 1.165) is 5.39 Å². The van der Waals surface area contributed by atoms with E-state index in [9.17, 15) is 9.18 Å². The molecule has 3 heterocycles. The Hall–Kier alpha value is -3.17. The molecule has 3 N–H and O–H groups in total. The highest BCUT2D eigenvalue weighted by molar-refractivity contribution is 7.39. The Balaban J connectivity index is 1.54. The molecule has 9 nitrogen and oxygen atoms in total. The molecule has 0 unspecified atom stereocenters. The summed E-state index contributed by atoms with van der Waals surface area (Å²) >= 11 is 0. The maximum Gasteiger partial charge on any atom is 0.328 e. The molecule has 0 aliphatic rings. The number of carbonyl (C=O) groups excluding carboxylic acids is 1. The first-order valence-electron chi connectivity index (χ1n) is 9.24. The van der Waals surface area contributed by atoms with E-state index in [4.69, 9.17) is 14.3 Å². The maximum absolute atomic E-state index is 13.8. The van der Waals surface area contributed by atoms with Gasteiger partial charge < -0.3 is 19.7 Å². The number of aromatic nitrogens is 4. The van der Waals surface area contributed by atoms with Gasteiger partial charge in [-0.05, 0) is 24.3 Å². The fourth-order valence-corrected chi connectivity index (χ4v) is 3.38. The van der Waals surface area contributed by atoms with Crippen LogP contribution in [0.3, 0.4) is 0 Å². The van der Waals surface area contributed by atoms with Crippen LogP contribution in [0.15, 0.2) is 54.9 Å².